The zero-order valence-corrected chi connectivity index (χ0v) is 13.5. The number of hydrogen-bond donors (Lipinski definition) is 3. The summed E-state index contributed by atoms with van der Waals surface area (Å²) in [7, 11) is 0. The molecule has 2 aliphatic rings. The molecule has 2 heterocycles. The molecular weight excluding hydrogens is 276 g/mol. The van der Waals surface area contributed by atoms with Crippen molar-refractivity contribution in [2.24, 2.45) is 0 Å². The molecule has 0 saturated carbocycles. The zero-order valence-electron chi connectivity index (χ0n) is 13.5. The number of hydrogen-bond acceptors (Lipinski definition) is 3. The van der Waals surface area contributed by atoms with E-state index in [9.17, 15) is 4.79 Å². The van der Waals surface area contributed by atoms with Crippen molar-refractivity contribution in [2.45, 2.75) is 32.2 Å². The Balaban J connectivity index is 1.75. The smallest absolute Gasteiger partial charge is 0.317 e. The van der Waals surface area contributed by atoms with Crippen LogP contribution in [0.5, 0.6) is 0 Å². The molecule has 0 radical (unpaired) electrons. The lowest BCUT2D eigenvalue weighted by molar-refractivity contribution is 0.0690. The van der Waals surface area contributed by atoms with E-state index < -0.39 is 0 Å². The van der Waals surface area contributed by atoms with Crippen molar-refractivity contribution in [2.75, 3.05) is 38.0 Å². The van der Waals surface area contributed by atoms with Gasteiger partial charge in [0.15, 0.2) is 0 Å². The van der Waals surface area contributed by atoms with E-state index in [1.807, 2.05) is 12.1 Å². The van der Waals surface area contributed by atoms with Crippen molar-refractivity contribution in [3.05, 3.63) is 29.3 Å². The second kappa shape index (κ2) is 6.26. The van der Waals surface area contributed by atoms with E-state index in [0.717, 1.165) is 51.3 Å². The van der Waals surface area contributed by atoms with E-state index in [2.05, 4.69) is 40.8 Å². The molecule has 22 heavy (non-hydrogen) atoms. The topological polar surface area (TPSA) is 56.4 Å². The van der Waals surface area contributed by atoms with E-state index >= 15 is 0 Å². The SMILES string of the molecule is Cc1ccc(NC(=O)N2CCNCC23CCNCC3)cc1C. The maximum Gasteiger partial charge on any atom is 0.322 e. The number of carbonyl (C=O) groups is 1. The molecule has 2 fully saturated rings. The maximum absolute atomic E-state index is 12.8. The van der Waals surface area contributed by atoms with Crippen molar-refractivity contribution in [3.8, 4) is 0 Å². The Morgan fingerprint density at radius 1 is 1.14 bits per heavy atom. The molecule has 5 nitrogen and oxygen atoms in total. The van der Waals surface area contributed by atoms with Crippen molar-refractivity contribution in [1.29, 1.82) is 0 Å². The summed E-state index contributed by atoms with van der Waals surface area (Å²) >= 11 is 0. The highest BCUT2D eigenvalue weighted by molar-refractivity contribution is 5.90. The number of rotatable bonds is 1. The first-order valence-corrected chi connectivity index (χ1v) is 8.18. The van der Waals surface area contributed by atoms with Gasteiger partial charge in [0.2, 0.25) is 0 Å². The van der Waals surface area contributed by atoms with E-state index in [1.54, 1.807) is 0 Å². The van der Waals surface area contributed by atoms with Gasteiger partial charge in [-0.05, 0) is 63.0 Å². The lowest BCUT2D eigenvalue weighted by atomic mass is 9.85. The number of benzene rings is 1. The number of piperazine rings is 1. The quantitative estimate of drug-likeness (QED) is 0.742. The first-order valence-electron chi connectivity index (χ1n) is 8.18. The van der Waals surface area contributed by atoms with E-state index in [4.69, 9.17) is 0 Å². The minimum Gasteiger partial charge on any atom is -0.317 e. The Labute approximate surface area is 132 Å². The Kier molecular flexibility index (Phi) is 4.36. The summed E-state index contributed by atoms with van der Waals surface area (Å²) in [6.07, 6.45) is 2.03. The third kappa shape index (κ3) is 2.96. The molecule has 3 rings (SSSR count). The zero-order chi connectivity index (χ0) is 15.6. The van der Waals surface area contributed by atoms with Gasteiger partial charge >= 0.3 is 6.03 Å². The van der Waals surface area contributed by atoms with E-state index in [-0.39, 0.29) is 11.6 Å². The molecule has 0 unspecified atom stereocenters. The summed E-state index contributed by atoms with van der Waals surface area (Å²) in [6.45, 7) is 8.66. The van der Waals surface area contributed by atoms with Crippen LogP contribution in [0.1, 0.15) is 24.0 Å². The van der Waals surface area contributed by atoms with E-state index in [1.165, 1.54) is 11.1 Å². The van der Waals surface area contributed by atoms with Gasteiger partial charge in [-0.2, -0.15) is 0 Å². The van der Waals surface area contributed by atoms with Crippen LogP contribution in [0, 0.1) is 13.8 Å². The fourth-order valence-electron chi connectivity index (χ4n) is 3.51. The first-order chi connectivity index (χ1) is 10.6. The Morgan fingerprint density at radius 3 is 2.64 bits per heavy atom. The Bertz CT molecular complexity index is 543. The molecule has 0 aliphatic carbocycles. The number of nitrogens with zero attached hydrogens (tertiary/aromatic N) is 1. The van der Waals surface area contributed by atoms with Gasteiger partial charge < -0.3 is 20.9 Å². The molecule has 5 heteroatoms. The lowest BCUT2D eigenvalue weighted by Crippen LogP contribution is -2.66. The van der Waals surface area contributed by atoms with E-state index in [0.29, 0.717) is 0 Å². The van der Waals surface area contributed by atoms with Gasteiger partial charge in [0.1, 0.15) is 0 Å². The number of aryl methyl sites for hydroxylation is 2. The van der Waals surface area contributed by atoms with Crippen LogP contribution >= 0.6 is 0 Å². The molecular formula is C17H26N4O. The molecule has 0 aromatic heterocycles. The van der Waals surface area contributed by atoms with Crippen LogP contribution < -0.4 is 16.0 Å². The predicted molar refractivity (Wildman–Crippen MR) is 89.3 cm³/mol. The highest BCUT2D eigenvalue weighted by atomic mass is 16.2. The number of urea groups is 1. The monoisotopic (exact) mass is 302 g/mol. The standard InChI is InChI=1S/C17H26N4O/c1-13-3-4-15(11-14(13)2)20-16(22)21-10-9-19-12-17(21)5-7-18-8-6-17/h3-4,11,18-19H,5-10,12H2,1-2H3,(H,20,22). The van der Waals surface area contributed by atoms with Gasteiger partial charge in [0, 0.05) is 25.3 Å². The summed E-state index contributed by atoms with van der Waals surface area (Å²) in [5, 5.41) is 9.94. The van der Waals surface area contributed by atoms with Crippen molar-refractivity contribution in [3.63, 3.8) is 0 Å². The minimum atomic E-state index is -0.0344. The highest BCUT2D eigenvalue weighted by Gasteiger charge is 2.42. The largest absolute Gasteiger partial charge is 0.322 e. The fourth-order valence-corrected chi connectivity index (χ4v) is 3.51. The van der Waals surface area contributed by atoms with Crippen LogP contribution in [-0.2, 0) is 0 Å². The minimum absolute atomic E-state index is 0.0339. The number of carbonyl (C=O) groups excluding carboxylic acids is 1. The highest BCUT2D eigenvalue weighted by Crippen LogP contribution is 2.28. The Morgan fingerprint density at radius 2 is 1.91 bits per heavy atom. The van der Waals surface area contributed by atoms with Gasteiger partial charge in [0.25, 0.3) is 0 Å². The predicted octanol–water partition coefficient (Wildman–Crippen LogP) is 1.86. The molecule has 2 aliphatic heterocycles. The lowest BCUT2D eigenvalue weighted by Gasteiger charge is -2.49. The molecule has 2 amide bonds. The van der Waals surface area contributed by atoms with Gasteiger partial charge in [0.05, 0.1) is 5.54 Å². The fraction of sp³-hybridized carbons (Fsp3) is 0.588. The van der Waals surface area contributed by atoms with Crippen LogP contribution in [0.15, 0.2) is 18.2 Å². The van der Waals surface area contributed by atoms with Crippen LogP contribution in [0.4, 0.5) is 10.5 Å². The second-order valence-electron chi connectivity index (χ2n) is 6.53. The molecule has 0 bridgehead atoms. The summed E-state index contributed by atoms with van der Waals surface area (Å²) in [4.78, 5) is 14.9. The molecule has 3 N–H and O–H groups in total. The average Bonchev–Trinajstić information content (AvgIpc) is 2.52. The molecule has 1 spiro atoms. The normalized spacial score (nSPS) is 20.9. The average molecular weight is 302 g/mol. The van der Waals surface area contributed by atoms with Crippen molar-refractivity contribution in [1.82, 2.24) is 15.5 Å². The van der Waals surface area contributed by atoms with Crippen LogP contribution in [0.3, 0.4) is 0 Å². The van der Waals surface area contributed by atoms with Crippen LogP contribution in [-0.4, -0.2) is 49.2 Å². The van der Waals surface area contributed by atoms with Gasteiger partial charge in [-0.25, -0.2) is 4.79 Å². The second-order valence-corrected chi connectivity index (χ2v) is 6.53. The third-order valence-electron chi connectivity index (χ3n) is 5.08. The maximum atomic E-state index is 12.8. The van der Waals surface area contributed by atoms with Crippen molar-refractivity contribution < 1.29 is 4.79 Å². The number of nitrogens with one attached hydrogen (secondary N) is 3. The molecule has 1 aromatic carbocycles. The Hall–Kier alpha value is -1.59. The third-order valence-corrected chi connectivity index (χ3v) is 5.08. The summed E-state index contributed by atoms with van der Waals surface area (Å²) < 4.78 is 0. The number of piperidine rings is 1. The first kappa shape index (κ1) is 15.3. The number of amides is 2. The summed E-state index contributed by atoms with van der Waals surface area (Å²) in [5.41, 5.74) is 3.30. The van der Waals surface area contributed by atoms with Gasteiger partial charge in [-0.1, -0.05) is 6.07 Å². The van der Waals surface area contributed by atoms with Crippen molar-refractivity contribution >= 4 is 11.7 Å². The summed E-state index contributed by atoms with van der Waals surface area (Å²) in [6, 6.07) is 6.12. The van der Waals surface area contributed by atoms with Gasteiger partial charge in [-0.3, -0.25) is 0 Å². The molecule has 0 atom stereocenters. The molecule has 2 saturated heterocycles. The van der Waals surface area contributed by atoms with Crippen LogP contribution in [0.2, 0.25) is 0 Å². The molecule has 120 valence electrons. The number of anilines is 1. The van der Waals surface area contributed by atoms with Gasteiger partial charge in [-0.15, -0.1) is 0 Å². The molecule has 1 aromatic rings. The van der Waals surface area contributed by atoms with Crippen LogP contribution in [0.25, 0.3) is 0 Å². The summed E-state index contributed by atoms with van der Waals surface area (Å²) in [5.74, 6) is 0.